The summed E-state index contributed by atoms with van der Waals surface area (Å²) in [4.78, 5) is 24.3. The van der Waals surface area contributed by atoms with Crippen LogP contribution in [0.2, 0.25) is 0 Å². The topological polar surface area (TPSA) is 57.6 Å². The molecule has 1 aliphatic heterocycles. The van der Waals surface area contributed by atoms with Crippen LogP contribution < -0.4 is 4.90 Å². The highest BCUT2D eigenvalue weighted by Gasteiger charge is 2.24. The predicted octanol–water partition coefficient (Wildman–Crippen LogP) is 2.98. The number of rotatable bonds is 5. The predicted molar refractivity (Wildman–Crippen MR) is 76.3 cm³/mol. The van der Waals surface area contributed by atoms with E-state index in [1.54, 1.807) is 0 Å². The zero-order chi connectivity index (χ0) is 13.8. The fourth-order valence-electron chi connectivity index (χ4n) is 2.32. The van der Waals surface area contributed by atoms with E-state index in [2.05, 4.69) is 15.9 Å². The van der Waals surface area contributed by atoms with Crippen molar-refractivity contribution in [1.82, 2.24) is 0 Å². The van der Waals surface area contributed by atoms with Crippen molar-refractivity contribution in [3.05, 3.63) is 28.2 Å². The number of unbranched alkanes of at least 4 members (excludes halogenated alkanes) is 1. The highest BCUT2D eigenvalue weighted by Crippen LogP contribution is 2.31. The summed E-state index contributed by atoms with van der Waals surface area (Å²) in [5.41, 5.74) is 2.18. The van der Waals surface area contributed by atoms with Crippen LogP contribution in [-0.2, 0) is 16.0 Å². The van der Waals surface area contributed by atoms with Gasteiger partial charge in [0.1, 0.15) is 0 Å². The van der Waals surface area contributed by atoms with Gasteiger partial charge in [0.15, 0.2) is 0 Å². The number of hydrogen-bond donors (Lipinski definition) is 1. The molecule has 0 atom stereocenters. The maximum absolute atomic E-state index is 12.1. The second-order valence-electron chi connectivity index (χ2n) is 4.67. The summed E-state index contributed by atoms with van der Waals surface area (Å²) in [6, 6.07) is 5.95. The second-order valence-corrected chi connectivity index (χ2v) is 5.58. The van der Waals surface area contributed by atoms with Crippen LogP contribution >= 0.6 is 15.9 Å². The van der Waals surface area contributed by atoms with Gasteiger partial charge >= 0.3 is 5.97 Å². The van der Waals surface area contributed by atoms with E-state index in [-0.39, 0.29) is 12.3 Å². The van der Waals surface area contributed by atoms with Gasteiger partial charge < -0.3 is 10.0 Å². The molecular formula is C14H16BrNO3. The van der Waals surface area contributed by atoms with Crippen molar-refractivity contribution in [1.29, 1.82) is 0 Å². The Hall–Kier alpha value is -1.36. The number of hydrogen-bond acceptors (Lipinski definition) is 2. The van der Waals surface area contributed by atoms with Crippen LogP contribution in [0.25, 0.3) is 0 Å². The number of carboxylic acid groups (broad SMARTS) is 1. The molecule has 0 saturated heterocycles. The molecule has 0 unspecified atom stereocenters. The van der Waals surface area contributed by atoms with Crippen LogP contribution in [0.4, 0.5) is 5.69 Å². The first-order valence-corrected chi connectivity index (χ1v) is 7.18. The van der Waals surface area contributed by atoms with Crippen molar-refractivity contribution in [2.75, 3.05) is 11.4 Å². The Labute approximate surface area is 120 Å². The third kappa shape index (κ3) is 3.56. The zero-order valence-corrected chi connectivity index (χ0v) is 12.1. The van der Waals surface area contributed by atoms with Crippen LogP contribution in [0.3, 0.4) is 0 Å². The van der Waals surface area contributed by atoms with E-state index in [1.807, 2.05) is 23.1 Å². The van der Waals surface area contributed by atoms with Gasteiger partial charge in [-0.05, 0) is 43.0 Å². The summed E-state index contributed by atoms with van der Waals surface area (Å²) in [7, 11) is 0. The minimum Gasteiger partial charge on any atom is -0.481 e. The van der Waals surface area contributed by atoms with Gasteiger partial charge in [-0.1, -0.05) is 15.9 Å². The highest BCUT2D eigenvalue weighted by molar-refractivity contribution is 9.10. The molecule has 1 aliphatic rings. The Morgan fingerprint density at radius 1 is 1.26 bits per heavy atom. The van der Waals surface area contributed by atoms with Gasteiger partial charge in [0, 0.05) is 29.5 Å². The summed E-state index contributed by atoms with van der Waals surface area (Å²) >= 11 is 3.43. The monoisotopic (exact) mass is 325 g/mol. The lowest BCUT2D eigenvalue weighted by Crippen LogP contribution is -2.28. The number of benzene rings is 1. The lowest BCUT2D eigenvalue weighted by Gasteiger charge is -2.17. The molecule has 19 heavy (non-hydrogen) atoms. The molecule has 2 rings (SSSR count). The van der Waals surface area contributed by atoms with E-state index in [1.165, 1.54) is 5.56 Å². The summed E-state index contributed by atoms with van der Waals surface area (Å²) in [5, 5.41) is 8.55. The fourth-order valence-corrected chi connectivity index (χ4v) is 2.73. The van der Waals surface area contributed by atoms with E-state index in [9.17, 15) is 9.59 Å². The smallest absolute Gasteiger partial charge is 0.303 e. The Kier molecular flexibility index (Phi) is 4.58. The second kappa shape index (κ2) is 6.19. The third-order valence-corrected chi connectivity index (χ3v) is 3.76. The van der Waals surface area contributed by atoms with E-state index < -0.39 is 5.97 Å². The molecule has 1 heterocycles. The van der Waals surface area contributed by atoms with Gasteiger partial charge in [0.2, 0.25) is 5.91 Å². The average molecular weight is 326 g/mol. The number of nitrogens with zero attached hydrogens (tertiary/aromatic N) is 1. The van der Waals surface area contributed by atoms with Crippen LogP contribution in [0, 0.1) is 0 Å². The Morgan fingerprint density at radius 2 is 2.00 bits per heavy atom. The molecule has 1 N–H and O–H groups in total. The van der Waals surface area contributed by atoms with Crippen LogP contribution in [0.5, 0.6) is 0 Å². The van der Waals surface area contributed by atoms with Crippen molar-refractivity contribution in [3.63, 3.8) is 0 Å². The number of carbonyl (C=O) groups is 2. The molecule has 4 nitrogen and oxygen atoms in total. The molecule has 102 valence electrons. The highest BCUT2D eigenvalue weighted by atomic mass is 79.9. The molecule has 0 saturated carbocycles. The number of aliphatic carboxylic acids is 1. The van der Waals surface area contributed by atoms with Gasteiger partial charge in [-0.25, -0.2) is 0 Å². The van der Waals surface area contributed by atoms with Crippen molar-refractivity contribution in [3.8, 4) is 0 Å². The standard InChI is InChI=1S/C14H16BrNO3/c15-11-5-6-12-10(9-11)7-8-16(12)13(17)3-1-2-4-14(18)19/h5-6,9H,1-4,7-8H2,(H,18,19). The molecule has 0 aliphatic carbocycles. The molecule has 5 heteroatoms. The molecule has 0 fully saturated rings. The van der Waals surface area contributed by atoms with E-state index >= 15 is 0 Å². The number of anilines is 1. The van der Waals surface area contributed by atoms with E-state index in [0.717, 1.165) is 23.1 Å². The third-order valence-electron chi connectivity index (χ3n) is 3.27. The first-order chi connectivity index (χ1) is 9.08. The average Bonchev–Trinajstić information content (AvgIpc) is 2.77. The maximum Gasteiger partial charge on any atom is 0.303 e. The summed E-state index contributed by atoms with van der Waals surface area (Å²) in [6.45, 7) is 0.726. The van der Waals surface area contributed by atoms with Crippen molar-refractivity contribution >= 4 is 33.5 Å². The van der Waals surface area contributed by atoms with Crippen LogP contribution in [0.1, 0.15) is 31.2 Å². The van der Waals surface area contributed by atoms with Gasteiger partial charge in [-0.3, -0.25) is 9.59 Å². The number of halogens is 1. The molecule has 1 aromatic rings. The van der Waals surface area contributed by atoms with Crippen molar-refractivity contribution in [2.24, 2.45) is 0 Å². The largest absolute Gasteiger partial charge is 0.481 e. The molecule has 1 aromatic carbocycles. The first-order valence-electron chi connectivity index (χ1n) is 6.38. The van der Waals surface area contributed by atoms with Crippen LogP contribution in [-0.4, -0.2) is 23.5 Å². The van der Waals surface area contributed by atoms with Crippen molar-refractivity contribution in [2.45, 2.75) is 32.1 Å². The Bertz CT molecular complexity index is 501. The van der Waals surface area contributed by atoms with Gasteiger partial charge in [0.25, 0.3) is 0 Å². The number of amides is 1. The fraction of sp³-hybridized carbons (Fsp3) is 0.429. The zero-order valence-electron chi connectivity index (χ0n) is 10.6. The SMILES string of the molecule is O=C(O)CCCCC(=O)N1CCc2cc(Br)ccc21. The molecule has 0 aromatic heterocycles. The molecule has 0 bridgehead atoms. The summed E-state index contributed by atoms with van der Waals surface area (Å²) in [6.07, 6.45) is 2.63. The molecule has 1 amide bonds. The number of carboxylic acids is 1. The van der Waals surface area contributed by atoms with Gasteiger partial charge in [-0.2, -0.15) is 0 Å². The number of fused-ring (bicyclic) bond motifs is 1. The Morgan fingerprint density at radius 3 is 2.74 bits per heavy atom. The minimum atomic E-state index is -0.802. The maximum atomic E-state index is 12.1. The minimum absolute atomic E-state index is 0.0893. The molecule has 0 spiro atoms. The van der Waals surface area contributed by atoms with Gasteiger partial charge in [-0.15, -0.1) is 0 Å². The molecule has 0 radical (unpaired) electrons. The first kappa shape index (κ1) is 14.1. The lowest BCUT2D eigenvalue weighted by molar-refractivity contribution is -0.137. The van der Waals surface area contributed by atoms with Crippen LogP contribution in [0.15, 0.2) is 22.7 Å². The van der Waals surface area contributed by atoms with E-state index in [0.29, 0.717) is 19.3 Å². The quantitative estimate of drug-likeness (QED) is 0.847. The van der Waals surface area contributed by atoms with Crippen molar-refractivity contribution < 1.29 is 14.7 Å². The van der Waals surface area contributed by atoms with Gasteiger partial charge in [0.05, 0.1) is 0 Å². The summed E-state index contributed by atoms with van der Waals surface area (Å²) < 4.78 is 1.03. The molecular weight excluding hydrogens is 310 g/mol. The summed E-state index contributed by atoms with van der Waals surface area (Å²) in [5.74, 6) is -0.713. The Balaban J connectivity index is 1.90. The number of carbonyl (C=O) groups excluding carboxylic acids is 1. The lowest BCUT2D eigenvalue weighted by atomic mass is 10.1. The normalized spacial score (nSPS) is 13.4. The van der Waals surface area contributed by atoms with E-state index in [4.69, 9.17) is 5.11 Å².